The molecule has 1 atom stereocenters. The van der Waals surface area contributed by atoms with Crippen LogP contribution in [0.2, 0.25) is 0 Å². The number of aromatic nitrogens is 1. The van der Waals surface area contributed by atoms with Gasteiger partial charge in [0.1, 0.15) is 9.84 Å². The number of pyridine rings is 1. The molecular formula is C10H15BrN2O2S. The van der Waals surface area contributed by atoms with Gasteiger partial charge in [0.2, 0.25) is 0 Å². The van der Waals surface area contributed by atoms with Gasteiger partial charge in [-0.2, -0.15) is 0 Å². The highest BCUT2D eigenvalue weighted by atomic mass is 79.9. The summed E-state index contributed by atoms with van der Waals surface area (Å²) in [6.07, 6.45) is 4.11. The highest BCUT2D eigenvalue weighted by Gasteiger charge is 2.09. The van der Waals surface area contributed by atoms with Gasteiger partial charge in [-0.3, -0.25) is 4.98 Å². The van der Waals surface area contributed by atoms with Crippen molar-refractivity contribution in [1.82, 2.24) is 4.98 Å². The Balaban J connectivity index is 2.47. The van der Waals surface area contributed by atoms with E-state index in [1.54, 1.807) is 6.20 Å². The number of nitrogens with zero attached hydrogens (tertiary/aromatic N) is 1. The highest BCUT2D eigenvalue weighted by molar-refractivity contribution is 9.10. The van der Waals surface area contributed by atoms with Gasteiger partial charge >= 0.3 is 0 Å². The number of nitrogens with two attached hydrogens (primary N) is 1. The van der Waals surface area contributed by atoms with E-state index in [-0.39, 0.29) is 11.8 Å². The van der Waals surface area contributed by atoms with E-state index in [9.17, 15) is 8.42 Å². The second-order valence-electron chi connectivity index (χ2n) is 3.78. The number of halogens is 1. The van der Waals surface area contributed by atoms with Crippen molar-refractivity contribution in [3.63, 3.8) is 0 Å². The molecule has 2 N–H and O–H groups in total. The number of rotatable bonds is 5. The molecule has 0 saturated heterocycles. The summed E-state index contributed by atoms with van der Waals surface area (Å²) in [5.41, 5.74) is 6.69. The molecule has 4 nitrogen and oxygen atoms in total. The zero-order valence-electron chi connectivity index (χ0n) is 9.06. The monoisotopic (exact) mass is 306 g/mol. The van der Waals surface area contributed by atoms with E-state index >= 15 is 0 Å². The third-order valence-corrected chi connectivity index (χ3v) is 3.66. The molecule has 16 heavy (non-hydrogen) atoms. The Morgan fingerprint density at radius 1 is 1.50 bits per heavy atom. The fraction of sp³-hybridized carbons (Fsp3) is 0.500. The largest absolute Gasteiger partial charge is 0.323 e. The molecule has 6 heteroatoms. The van der Waals surface area contributed by atoms with Crippen molar-refractivity contribution in [2.45, 2.75) is 18.9 Å². The molecule has 1 aromatic heterocycles. The van der Waals surface area contributed by atoms with Crippen LogP contribution in [0.3, 0.4) is 0 Å². The van der Waals surface area contributed by atoms with Gasteiger partial charge < -0.3 is 5.73 Å². The molecule has 0 fully saturated rings. The van der Waals surface area contributed by atoms with Crippen LogP contribution in [0.1, 0.15) is 24.6 Å². The molecule has 0 aliphatic heterocycles. The molecule has 1 rings (SSSR count). The van der Waals surface area contributed by atoms with E-state index in [4.69, 9.17) is 5.73 Å². The van der Waals surface area contributed by atoms with Gasteiger partial charge in [-0.15, -0.1) is 0 Å². The van der Waals surface area contributed by atoms with Crippen LogP contribution in [0.5, 0.6) is 0 Å². The van der Waals surface area contributed by atoms with Gasteiger partial charge in [-0.1, -0.05) is 0 Å². The van der Waals surface area contributed by atoms with E-state index in [0.29, 0.717) is 12.8 Å². The topological polar surface area (TPSA) is 73.0 Å². The van der Waals surface area contributed by atoms with Gasteiger partial charge in [0.05, 0.1) is 5.69 Å². The summed E-state index contributed by atoms with van der Waals surface area (Å²) in [4.78, 5) is 4.17. The lowest BCUT2D eigenvalue weighted by Crippen LogP contribution is -2.14. The normalized spacial score (nSPS) is 13.7. The van der Waals surface area contributed by atoms with E-state index in [0.717, 1.165) is 10.2 Å². The first-order chi connectivity index (χ1) is 7.38. The van der Waals surface area contributed by atoms with Gasteiger partial charge in [0.25, 0.3) is 0 Å². The third-order valence-electron chi connectivity index (χ3n) is 2.16. The summed E-state index contributed by atoms with van der Waals surface area (Å²) in [6, 6.07) is 3.52. The number of hydrogen-bond acceptors (Lipinski definition) is 4. The Hall–Kier alpha value is -0.460. The lowest BCUT2D eigenvalue weighted by molar-refractivity contribution is 0.584. The van der Waals surface area contributed by atoms with Crippen molar-refractivity contribution in [3.8, 4) is 0 Å². The van der Waals surface area contributed by atoms with E-state index < -0.39 is 9.84 Å². The molecule has 1 unspecified atom stereocenters. The van der Waals surface area contributed by atoms with E-state index in [2.05, 4.69) is 20.9 Å². The van der Waals surface area contributed by atoms with Crippen molar-refractivity contribution in [3.05, 3.63) is 28.5 Å². The molecule has 0 aliphatic rings. The number of hydrogen-bond donors (Lipinski definition) is 1. The highest BCUT2D eigenvalue weighted by Crippen LogP contribution is 2.16. The first-order valence-corrected chi connectivity index (χ1v) is 7.78. The minimum absolute atomic E-state index is 0.178. The zero-order valence-corrected chi connectivity index (χ0v) is 11.5. The standard InChI is InChI=1S/C10H15BrN2O2S/c1-16(14,15)6-2-3-9(12)10-5-4-8(11)7-13-10/h4-5,7,9H,2-3,6,12H2,1H3. The Labute approximate surface area is 104 Å². The Kier molecular flexibility index (Phi) is 4.89. The fourth-order valence-corrected chi connectivity index (χ4v) is 2.25. The predicted molar refractivity (Wildman–Crippen MR) is 67.8 cm³/mol. The van der Waals surface area contributed by atoms with Crippen LogP contribution in [0.15, 0.2) is 22.8 Å². The zero-order chi connectivity index (χ0) is 12.2. The SMILES string of the molecule is CS(=O)(=O)CCCC(N)c1ccc(Br)cn1. The van der Waals surface area contributed by atoms with Crippen LogP contribution in [0, 0.1) is 0 Å². The minimum atomic E-state index is -2.89. The molecule has 0 saturated carbocycles. The van der Waals surface area contributed by atoms with Crippen molar-refractivity contribution >= 4 is 25.8 Å². The van der Waals surface area contributed by atoms with Crippen LogP contribution in [0.25, 0.3) is 0 Å². The molecule has 1 aromatic rings. The maximum Gasteiger partial charge on any atom is 0.147 e. The fourth-order valence-electron chi connectivity index (χ4n) is 1.32. The predicted octanol–water partition coefficient (Wildman–Crippen LogP) is 1.67. The smallest absolute Gasteiger partial charge is 0.147 e. The average Bonchev–Trinajstić information content (AvgIpc) is 2.16. The first kappa shape index (κ1) is 13.6. The summed E-state index contributed by atoms with van der Waals surface area (Å²) in [5, 5.41) is 0. The molecule has 0 spiro atoms. The van der Waals surface area contributed by atoms with Crippen LogP contribution >= 0.6 is 15.9 Å². The Bertz CT molecular complexity index is 431. The minimum Gasteiger partial charge on any atom is -0.323 e. The third kappa shape index (κ3) is 5.05. The summed E-state index contributed by atoms with van der Waals surface area (Å²) < 4.78 is 22.8. The molecular weight excluding hydrogens is 292 g/mol. The van der Waals surface area contributed by atoms with E-state index in [1.165, 1.54) is 6.26 Å². The van der Waals surface area contributed by atoms with Crippen LogP contribution in [-0.2, 0) is 9.84 Å². The summed E-state index contributed by atoms with van der Waals surface area (Å²) >= 11 is 3.29. The summed E-state index contributed by atoms with van der Waals surface area (Å²) in [6.45, 7) is 0. The summed E-state index contributed by atoms with van der Waals surface area (Å²) in [5.74, 6) is 0.178. The first-order valence-electron chi connectivity index (χ1n) is 4.93. The van der Waals surface area contributed by atoms with Crippen LogP contribution in [0.4, 0.5) is 0 Å². The molecule has 0 radical (unpaired) electrons. The maximum atomic E-state index is 10.9. The molecule has 0 aromatic carbocycles. The lowest BCUT2D eigenvalue weighted by Gasteiger charge is -2.10. The molecule has 1 heterocycles. The molecule has 0 amide bonds. The second kappa shape index (κ2) is 5.75. The van der Waals surface area contributed by atoms with Crippen molar-refractivity contribution < 1.29 is 8.42 Å². The Morgan fingerprint density at radius 3 is 2.69 bits per heavy atom. The average molecular weight is 307 g/mol. The second-order valence-corrected chi connectivity index (χ2v) is 6.96. The van der Waals surface area contributed by atoms with Gasteiger partial charge in [0.15, 0.2) is 0 Å². The van der Waals surface area contributed by atoms with Crippen molar-refractivity contribution in [2.75, 3.05) is 12.0 Å². The van der Waals surface area contributed by atoms with Gasteiger partial charge in [0, 0.05) is 28.7 Å². The van der Waals surface area contributed by atoms with Crippen molar-refractivity contribution in [2.24, 2.45) is 5.73 Å². The van der Waals surface area contributed by atoms with Crippen LogP contribution < -0.4 is 5.73 Å². The molecule has 0 aliphatic carbocycles. The maximum absolute atomic E-state index is 10.9. The molecule has 90 valence electrons. The lowest BCUT2D eigenvalue weighted by atomic mass is 10.1. The van der Waals surface area contributed by atoms with Gasteiger partial charge in [-0.25, -0.2) is 8.42 Å². The van der Waals surface area contributed by atoms with Crippen LogP contribution in [-0.4, -0.2) is 25.4 Å². The molecule has 0 bridgehead atoms. The van der Waals surface area contributed by atoms with Crippen molar-refractivity contribution in [1.29, 1.82) is 0 Å². The van der Waals surface area contributed by atoms with Gasteiger partial charge in [-0.05, 0) is 40.9 Å². The number of sulfone groups is 1. The van der Waals surface area contributed by atoms with E-state index in [1.807, 2.05) is 12.1 Å². The Morgan fingerprint density at radius 2 is 2.19 bits per heavy atom. The summed E-state index contributed by atoms with van der Waals surface area (Å²) in [7, 11) is -2.89. The quantitative estimate of drug-likeness (QED) is 0.898.